The molecule has 0 radical (unpaired) electrons. The van der Waals surface area contributed by atoms with Crippen LogP contribution in [-0.2, 0) is 11.8 Å². The first-order valence-corrected chi connectivity index (χ1v) is 8.84. The molecule has 4 nitrogen and oxygen atoms in total. The molecule has 0 spiro atoms. The lowest BCUT2D eigenvalue weighted by molar-refractivity contribution is 0.0525. The molecule has 1 heterocycles. The Morgan fingerprint density at radius 2 is 1.81 bits per heavy atom. The van der Waals surface area contributed by atoms with Crippen LogP contribution in [0.1, 0.15) is 42.6 Å². The highest BCUT2D eigenvalue weighted by molar-refractivity contribution is 6.00. The molecule has 0 atom stereocenters. The first-order valence-electron chi connectivity index (χ1n) is 8.84. The maximum atomic E-state index is 13.3. The van der Waals surface area contributed by atoms with Gasteiger partial charge in [0, 0.05) is 12.4 Å². The summed E-state index contributed by atoms with van der Waals surface area (Å²) in [6.45, 7) is 6.12. The van der Waals surface area contributed by atoms with E-state index in [1.807, 2.05) is 60.1 Å². The van der Waals surface area contributed by atoms with E-state index in [1.54, 1.807) is 6.92 Å². The van der Waals surface area contributed by atoms with Crippen LogP contribution in [0.15, 0.2) is 53.3 Å². The number of aryl methyl sites for hydroxylation is 1. The van der Waals surface area contributed by atoms with Crippen LogP contribution in [0.25, 0.3) is 22.2 Å². The summed E-state index contributed by atoms with van der Waals surface area (Å²) in [6.07, 6.45) is 0. The average Bonchev–Trinajstić information content (AvgIpc) is 2.64. The van der Waals surface area contributed by atoms with E-state index in [4.69, 9.17) is 4.74 Å². The van der Waals surface area contributed by atoms with Crippen LogP contribution in [0.2, 0.25) is 0 Å². The summed E-state index contributed by atoms with van der Waals surface area (Å²) in [5.74, 6) is -0.284. The van der Waals surface area contributed by atoms with Crippen molar-refractivity contribution in [1.29, 1.82) is 0 Å². The molecular formula is C22H23NO3. The Balaban J connectivity index is 2.43. The van der Waals surface area contributed by atoms with Crippen LogP contribution < -0.4 is 5.43 Å². The summed E-state index contributed by atoms with van der Waals surface area (Å²) in [4.78, 5) is 25.9. The van der Waals surface area contributed by atoms with E-state index in [1.165, 1.54) is 0 Å². The molecule has 3 aromatic rings. The Hall–Kier alpha value is -2.88. The summed E-state index contributed by atoms with van der Waals surface area (Å²) in [5.41, 5.74) is 3.07. The molecule has 0 aliphatic heterocycles. The second kappa shape index (κ2) is 7.16. The quantitative estimate of drug-likeness (QED) is 0.651. The number of aromatic nitrogens is 1. The molecular weight excluding hydrogens is 326 g/mol. The molecule has 0 bridgehead atoms. The molecule has 0 saturated heterocycles. The number of fused-ring (bicyclic) bond motifs is 1. The number of nitrogens with zero attached hydrogens (tertiary/aromatic N) is 1. The van der Waals surface area contributed by atoms with Crippen LogP contribution in [-0.4, -0.2) is 17.1 Å². The van der Waals surface area contributed by atoms with E-state index in [2.05, 4.69) is 13.8 Å². The number of benzene rings is 2. The van der Waals surface area contributed by atoms with Gasteiger partial charge < -0.3 is 9.30 Å². The Labute approximate surface area is 153 Å². The van der Waals surface area contributed by atoms with E-state index >= 15 is 0 Å². The van der Waals surface area contributed by atoms with Gasteiger partial charge in [0.1, 0.15) is 5.56 Å². The number of pyridine rings is 1. The van der Waals surface area contributed by atoms with Gasteiger partial charge >= 0.3 is 5.97 Å². The summed E-state index contributed by atoms with van der Waals surface area (Å²) in [6, 6.07) is 15.3. The smallest absolute Gasteiger partial charge is 0.344 e. The van der Waals surface area contributed by atoms with Crippen molar-refractivity contribution < 1.29 is 9.53 Å². The molecule has 26 heavy (non-hydrogen) atoms. The Morgan fingerprint density at radius 3 is 2.42 bits per heavy atom. The summed E-state index contributed by atoms with van der Waals surface area (Å²) in [7, 11) is 1.88. The standard InChI is InChI=1S/C22H23NO3/c1-5-26-22(25)19-20(15-9-7-6-8-10-15)23(4)18-12-11-16(14(2)3)13-17(18)21(19)24/h6-14H,5H2,1-4H3. The molecule has 1 aromatic heterocycles. The maximum Gasteiger partial charge on any atom is 0.344 e. The third-order valence-electron chi connectivity index (χ3n) is 4.62. The van der Waals surface area contributed by atoms with Crippen LogP contribution >= 0.6 is 0 Å². The van der Waals surface area contributed by atoms with Crippen molar-refractivity contribution in [2.75, 3.05) is 6.61 Å². The topological polar surface area (TPSA) is 48.3 Å². The molecule has 0 aliphatic rings. The highest BCUT2D eigenvalue weighted by Gasteiger charge is 2.23. The van der Waals surface area contributed by atoms with Gasteiger partial charge in [-0.05, 0) is 36.1 Å². The lowest BCUT2D eigenvalue weighted by Crippen LogP contribution is -2.23. The zero-order chi connectivity index (χ0) is 18.8. The number of rotatable bonds is 4. The fourth-order valence-corrected chi connectivity index (χ4v) is 3.24. The van der Waals surface area contributed by atoms with Gasteiger partial charge in [-0.2, -0.15) is 0 Å². The van der Waals surface area contributed by atoms with Gasteiger partial charge in [0.15, 0.2) is 0 Å². The molecule has 0 saturated carbocycles. The van der Waals surface area contributed by atoms with Crippen LogP contribution in [0.5, 0.6) is 0 Å². The van der Waals surface area contributed by atoms with Crippen molar-refractivity contribution in [2.24, 2.45) is 7.05 Å². The first kappa shape index (κ1) is 17.9. The fraction of sp³-hybridized carbons (Fsp3) is 0.273. The van der Waals surface area contributed by atoms with E-state index < -0.39 is 5.97 Å². The van der Waals surface area contributed by atoms with Gasteiger partial charge in [-0.3, -0.25) is 4.79 Å². The van der Waals surface area contributed by atoms with Gasteiger partial charge in [-0.25, -0.2) is 4.79 Å². The Bertz CT molecular complexity index is 1020. The third kappa shape index (κ3) is 3.03. The molecule has 3 rings (SSSR count). The van der Waals surface area contributed by atoms with Crippen LogP contribution in [0.4, 0.5) is 0 Å². The number of carbonyl (C=O) groups is 1. The predicted octanol–water partition coefficient (Wildman–Crippen LogP) is 4.51. The number of hydrogen-bond acceptors (Lipinski definition) is 3. The van der Waals surface area contributed by atoms with Crippen molar-refractivity contribution >= 4 is 16.9 Å². The molecule has 0 N–H and O–H groups in total. The van der Waals surface area contributed by atoms with E-state index in [9.17, 15) is 9.59 Å². The minimum Gasteiger partial charge on any atom is -0.462 e. The SMILES string of the molecule is CCOC(=O)c1c(-c2ccccc2)n(C)c2ccc(C(C)C)cc2c1=O. The van der Waals surface area contributed by atoms with Crippen LogP contribution in [0.3, 0.4) is 0 Å². The average molecular weight is 349 g/mol. The largest absolute Gasteiger partial charge is 0.462 e. The monoisotopic (exact) mass is 349 g/mol. The highest BCUT2D eigenvalue weighted by atomic mass is 16.5. The summed E-state index contributed by atoms with van der Waals surface area (Å²) >= 11 is 0. The van der Waals surface area contributed by atoms with E-state index in [0.29, 0.717) is 17.0 Å². The van der Waals surface area contributed by atoms with Gasteiger partial charge in [0.05, 0.1) is 17.8 Å². The minimum absolute atomic E-state index is 0.0916. The van der Waals surface area contributed by atoms with Crippen LogP contribution in [0, 0.1) is 0 Å². The van der Waals surface area contributed by atoms with Crippen molar-refractivity contribution in [3.05, 3.63) is 69.9 Å². The van der Waals surface area contributed by atoms with E-state index in [0.717, 1.165) is 16.6 Å². The lowest BCUT2D eigenvalue weighted by Gasteiger charge is -2.18. The Kier molecular flexibility index (Phi) is 4.94. The van der Waals surface area contributed by atoms with Gasteiger partial charge in [-0.1, -0.05) is 50.2 Å². The number of ether oxygens (including phenoxy) is 1. The number of esters is 1. The molecule has 0 amide bonds. The van der Waals surface area contributed by atoms with E-state index in [-0.39, 0.29) is 17.6 Å². The molecule has 0 aliphatic carbocycles. The molecule has 4 heteroatoms. The number of hydrogen-bond donors (Lipinski definition) is 0. The second-order valence-electron chi connectivity index (χ2n) is 6.63. The second-order valence-corrected chi connectivity index (χ2v) is 6.63. The van der Waals surface area contributed by atoms with Gasteiger partial charge in [0.25, 0.3) is 0 Å². The third-order valence-corrected chi connectivity index (χ3v) is 4.62. The normalized spacial score (nSPS) is 11.1. The zero-order valence-electron chi connectivity index (χ0n) is 15.6. The zero-order valence-corrected chi connectivity index (χ0v) is 15.6. The summed E-state index contributed by atoms with van der Waals surface area (Å²) < 4.78 is 7.11. The highest BCUT2D eigenvalue weighted by Crippen LogP contribution is 2.27. The van der Waals surface area contributed by atoms with Crippen molar-refractivity contribution in [2.45, 2.75) is 26.7 Å². The van der Waals surface area contributed by atoms with Gasteiger partial charge in [-0.15, -0.1) is 0 Å². The molecule has 2 aromatic carbocycles. The van der Waals surface area contributed by atoms with Crippen molar-refractivity contribution in [3.63, 3.8) is 0 Å². The Morgan fingerprint density at radius 1 is 1.12 bits per heavy atom. The predicted molar refractivity (Wildman–Crippen MR) is 105 cm³/mol. The molecule has 134 valence electrons. The van der Waals surface area contributed by atoms with Gasteiger partial charge in [0.2, 0.25) is 5.43 Å². The maximum absolute atomic E-state index is 13.3. The molecule has 0 unspecified atom stereocenters. The van der Waals surface area contributed by atoms with Crippen molar-refractivity contribution in [1.82, 2.24) is 4.57 Å². The lowest BCUT2D eigenvalue weighted by atomic mass is 9.97. The molecule has 0 fully saturated rings. The fourth-order valence-electron chi connectivity index (χ4n) is 3.24. The summed E-state index contributed by atoms with van der Waals surface area (Å²) in [5, 5.41) is 0.543. The number of carbonyl (C=O) groups excluding carboxylic acids is 1. The minimum atomic E-state index is -0.580. The van der Waals surface area contributed by atoms with Crippen molar-refractivity contribution in [3.8, 4) is 11.3 Å². The first-order chi connectivity index (χ1) is 12.5.